The van der Waals surface area contributed by atoms with Crippen molar-refractivity contribution in [2.24, 2.45) is 5.10 Å². The molecule has 0 bridgehead atoms. The van der Waals surface area contributed by atoms with E-state index in [1.165, 1.54) is 23.1 Å². The van der Waals surface area contributed by atoms with Gasteiger partial charge in [0, 0.05) is 17.0 Å². The topological polar surface area (TPSA) is 81.4 Å². The summed E-state index contributed by atoms with van der Waals surface area (Å²) < 4.78 is 8.18. The van der Waals surface area contributed by atoms with Crippen LogP contribution in [0.1, 0.15) is 11.8 Å². The summed E-state index contributed by atoms with van der Waals surface area (Å²) in [6, 6.07) is 11.5. The van der Waals surface area contributed by atoms with E-state index < -0.39 is 0 Å². The lowest BCUT2D eigenvalue weighted by molar-refractivity contribution is -0.118. The monoisotopic (exact) mass is 479 g/mol. The first-order chi connectivity index (χ1) is 13.6. The lowest BCUT2D eigenvalue weighted by atomic mass is 10.2. The molecule has 10 heteroatoms. The molecular weight excluding hydrogens is 462 g/mol. The van der Waals surface area contributed by atoms with Crippen LogP contribution in [0, 0.1) is 0 Å². The summed E-state index contributed by atoms with van der Waals surface area (Å²) in [7, 11) is 1.63. The van der Waals surface area contributed by atoms with Crippen LogP contribution in [0.4, 0.5) is 0 Å². The molecule has 0 atom stereocenters. The lowest BCUT2D eigenvalue weighted by Crippen LogP contribution is -2.19. The van der Waals surface area contributed by atoms with Crippen LogP contribution < -0.4 is 10.2 Å². The fourth-order valence-electron chi connectivity index (χ4n) is 2.36. The first-order valence-corrected chi connectivity index (χ1v) is 11.0. The molecule has 0 aliphatic rings. The Morgan fingerprint density at radius 3 is 2.75 bits per heavy atom. The van der Waals surface area contributed by atoms with E-state index in [1.54, 1.807) is 13.3 Å². The average molecular weight is 480 g/mol. The van der Waals surface area contributed by atoms with E-state index in [0.717, 1.165) is 25.8 Å². The van der Waals surface area contributed by atoms with Gasteiger partial charge in [0.25, 0.3) is 5.91 Å². The van der Waals surface area contributed by atoms with Crippen LogP contribution >= 0.6 is 39.0 Å². The first kappa shape index (κ1) is 20.6. The number of thiophene rings is 1. The van der Waals surface area contributed by atoms with E-state index in [2.05, 4.69) is 36.7 Å². The van der Waals surface area contributed by atoms with E-state index in [-0.39, 0.29) is 11.7 Å². The van der Waals surface area contributed by atoms with Gasteiger partial charge in [0.2, 0.25) is 0 Å². The minimum atomic E-state index is -0.200. The number of benzene rings is 1. The minimum Gasteiger partial charge on any atom is -0.497 e. The molecule has 3 rings (SSSR count). The molecule has 0 radical (unpaired) electrons. The van der Waals surface area contributed by atoms with E-state index >= 15 is 0 Å². The highest BCUT2D eigenvalue weighted by Crippen LogP contribution is 2.25. The van der Waals surface area contributed by atoms with Gasteiger partial charge in [-0.25, -0.2) is 5.43 Å². The number of methoxy groups -OCH3 is 1. The van der Waals surface area contributed by atoms with Crippen LogP contribution in [-0.2, 0) is 11.3 Å². The minimum absolute atomic E-state index is 0.200. The Morgan fingerprint density at radius 1 is 1.32 bits per heavy atom. The zero-order valence-electron chi connectivity index (χ0n) is 15.3. The fraction of sp³-hybridized carbons (Fsp3) is 0.222. The van der Waals surface area contributed by atoms with Gasteiger partial charge in [-0.1, -0.05) is 11.8 Å². The van der Waals surface area contributed by atoms with Gasteiger partial charge in [0.15, 0.2) is 11.0 Å². The molecule has 0 unspecified atom stereocenters. The Hall–Kier alpha value is -2.17. The van der Waals surface area contributed by atoms with Gasteiger partial charge in [-0.2, -0.15) is 5.10 Å². The molecule has 0 aliphatic heterocycles. The molecule has 146 valence electrons. The number of carbonyl (C=O) groups is 1. The zero-order valence-corrected chi connectivity index (χ0v) is 18.5. The maximum atomic E-state index is 12.0. The van der Waals surface area contributed by atoms with Gasteiger partial charge < -0.3 is 9.30 Å². The third-order valence-corrected chi connectivity index (χ3v) is 6.21. The summed E-state index contributed by atoms with van der Waals surface area (Å²) in [6.07, 6.45) is 1.62. The van der Waals surface area contributed by atoms with Gasteiger partial charge >= 0.3 is 0 Å². The fourth-order valence-corrected chi connectivity index (χ4v) is 4.45. The summed E-state index contributed by atoms with van der Waals surface area (Å²) >= 11 is 6.25. The molecule has 0 aliphatic carbocycles. The molecule has 1 amide bonds. The number of amides is 1. The number of nitrogens with one attached hydrogen (secondary N) is 1. The highest BCUT2D eigenvalue weighted by atomic mass is 79.9. The summed E-state index contributed by atoms with van der Waals surface area (Å²) in [4.78, 5) is 13.0. The molecule has 28 heavy (non-hydrogen) atoms. The first-order valence-electron chi connectivity index (χ1n) is 8.38. The molecule has 1 N–H and O–H groups in total. The number of ether oxygens (including phenoxy) is 1. The Bertz CT molecular complexity index is 969. The largest absolute Gasteiger partial charge is 0.497 e. The molecule has 0 fully saturated rings. The maximum Gasteiger partial charge on any atom is 0.250 e. The van der Waals surface area contributed by atoms with Crippen molar-refractivity contribution in [2.75, 3.05) is 12.9 Å². The van der Waals surface area contributed by atoms with Gasteiger partial charge in [0.05, 0.1) is 22.9 Å². The van der Waals surface area contributed by atoms with Crippen LogP contribution in [0.25, 0.3) is 11.4 Å². The number of aromatic nitrogens is 3. The standard InChI is InChI=1S/C18H18BrN5O2S2/c1-3-24-17(12-4-6-13(26-2)7-5-12)22-23-18(24)27-11-16(25)21-20-10-14-8-9-15(19)28-14/h4-10H,3,11H2,1-2H3,(H,21,25)/b20-10-. The zero-order chi connectivity index (χ0) is 19.9. The second-order valence-electron chi connectivity index (χ2n) is 5.50. The molecule has 0 saturated carbocycles. The van der Waals surface area contributed by atoms with Gasteiger partial charge in [0.1, 0.15) is 5.75 Å². The van der Waals surface area contributed by atoms with E-state index in [1.807, 2.05) is 47.9 Å². The molecule has 2 heterocycles. The second kappa shape index (κ2) is 9.85. The summed E-state index contributed by atoms with van der Waals surface area (Å²) in [6.45, 7) is 2.72. The predicted molar refractivity (Wildman–Crippen MR) is 116 cm³/mol. The van der Waals surface area contributed by atoms with Crippen molar-refractivity contribution in [3.05, 3.63) is 45.1 Å². The molecule has 7 nitrogen and oxygen atoms in total. The lowest BCUT2D eigenvalue weighted by Gasteiger charge is -2.07. The average Bonchev–Trinajstić information content (AvgIpc) is 3.32. The molecular formula is C18H18BrN5O2S2. The Balaban J connectivity index is 1.60. The summed E-state index contributed by atoms with van der Waals surface area (Å²) in [5.74, 6) is 1.54. The Labute approximate surface area is 179 Å². The van der Waals surface area contributed by atoms with Crippen molar-refractivity contribution in [1.29, 1.82) is 0 Å². The number of hydrogen-bond acceptors (Lipinski definition) is 7. The van der Waals surface area contributed by atoms with Crippen LogP contribution in [0.3, 0.4) is 0 Å². The number of halogens is 1. The third-order valence-electron chi connectivity index (χ3n) is 3.69. The number of hydrogen-bond donors (Lipinski definition) is 1. The SMILES string of the molecule is CCn1c(SCC(=O)N/N=C\c2ccc(Br)s2)nnc1-c1ccc(OC)cc1. The van der Waals surface area contributed by atoms with Crippen LogP contribution in [0.15, 0.2) is 50.4 Å². The van der Waals surface area contributed by atoms with Crippen molar-refractivity contribution in [2.45, 2.75) is 18.6 Å². The second-order valence-corrected chi connectivity index (χ2v) is 8.94. The van der Waals surface area contributed by atoms with Crippen LogP contribution in [-0.4, -0.2) is 39.7 Å². The molecule has 0 saturated heterocycles. The number of thioether (sulfide) groups is 1. The van der Waals surface area contributed by atoms with Crippen LogP contribution in [0.2, 0.25) is 0 Å². The van der Waals surface area contributed by atoms with Crippen LogP contribution in [0.5, 0.6) is 5.75 Å². The molecule has 3 aromatic rings. The van der Waals surface area contributed by atoms with Gasteiger partial charge in [-0.15, -0.1) is 21.5 Å². The quantitative estimate of drug-likeness (QED) is 0.299. The smallest absolute Gasteiger partial charge is 0.250 e. The van der Waals surface area contributed by atoms with Crippen molar-refractivity contribution >= 4 is 51.2 Å². The highest BCUT2D eigenvalue weighted by Gasteiger charge is 2.14. The summed E-state index contributed by atoms with van der Waals surface area (Å²) in [5.41, 5.74) is 3.47. The number of nitrogens with zero attached hydrogens (tertiary/aromatic N) is 4. The van der Waals surface area contributed by atoms with Crippen molar-refractivity contribution < 1.29 is 9.53 Å². The van der Waals surface area contributed by atoms with Crippen molar-refractivity contribution in [3.63, 3.8) is 0 Å². The number of hydrazone groups is 1. The molecule has 2 aromatic heterocycles. The molecule has 0 spiro atoms. The third kappa shape index (κ3) is 5.21. The normalized spacial score (nSPS) is 11.1. The Morgan fingerprint density at radius 2 is 2.11 bits per heavy atom. The van der Waals surface area contributed by atoms with E-state index in [4.69, 9.17) is 4.74 Å². The van der Waals surface area contributed by atoms with Crippen molar-refractivity contribution in [3.8, 4) is 17.1 Å². The Kier molecular flexibility index (Phi) is 7.24. The van der Waals surface area contributed by atoms with Gasteiger partial charge in [-0.05, 0) is 59.3 Å². The highest BCUT2D eigenvalue weighted by molar-refractivity contribution is 9.11. The van der Waals surface area contributed by atoms with Crippen molar-refractivity contribution in [1.82, 2.24) is 20.2 Å². The van der Waals surface area contributed by atoms with Gasteiger partial charge in [-0.3, -0.25) is 4.79 Å². The number of rotatable bonds is 8. The molecule has 1 aromatic carbocycles. The van der Waals surface area contributed by atoms with E-state index in [9.17, 15) is 4.79 Å². The maximum absolute atomic E-state index is 12.0. The number of carbonyl (C=O) groups excluding carboxylic acids is 1. The predicted octanol–water partition coefficient (Wildman–Crippen LogP) is 4.04. The summed E-state index contributed by atoms with van der Waals surface area (Å²) in [5, 5.41) is 13.2. The van der Waals surface area contributed by atoms with E-state index in [0.29, 0.717) is 11.7 Å².